The average Bonchev–Trinajstić information content (AvgIpc) is 2.82. The summed E-state index contributed by atoms with van der Waals surface area (Å²) in [5.41, 5.74) is 0. The van der Waals surface area contributed by atoms with E-state index in [9.17, 15) is 5.11 Å². The van der Waals surface area contributed by atoms with Crippen molar-refractivity contribution in [3.63, 3.8) is 0 Å². The number of hydrogen-bond donors (Lipinski definition) is 1. The third-order valence-electron chi connectivity index (χ3n) is 3.18. The molecule has 2 aliphatic rings. The van der Waals surface area contributed by atoms with Gasteiger partial charge in [-0.25, -0.2) is 0 Å². The first kappa shape index (κ1) is 14.9. The number of aliphatic hydroxyl groups excluding tert-OH is 1. The van der Waals surface area contributed by atoms with Crippen molar-refractivity contribution in [2.45, 2.75) is 50.3 Å². The second kappa shape index (κ2) is 5.87. The third kappa shape index (κ3) is 3.16. The van der Waals surface area contributed by atoms with Gasteiger partial charge in [-0.1, -0.05) is 6.08 Å². The van der Waals surface area contributed by atoms with Crippen molar-refractivity contribution < 1.29 is 28.8 Å². The zero-order valence-corrected chi connectivity index (χ0v) is 11.6. The van der Waals surface area contributed by atoms with Crippen molar-refractivity contribution in [2.24, 2.45) is 0 Å². The molecule has 0 aromatic heterocycles. The van der Waals surface area contributed by atoms with Crippen LogP contribution >= 0.6 is 0 Å². The molecule has 0 radical (unpaired) electrons. The second-order valence-electron chi connectivity index (χ2n) is 5.16. The lowest BCUT2D eigenvalue weighted by Crippen LogP contribution is -2.41. The zero-order chi connectivity index (χ0) is 14.0. The Bertz CT molecular complexity index is 318. The largest absolute Gasteiger partial charge is 0.388 e. The first-order chi connectivity index (χ1) is 8.98. The summed E-state index contributed by atoms with van der Waals surface area (Å²) in [5, 5.41) is 10.1. The normalized spacial score (nSPS) is 38.1. The molecule has 0 aromatic rings. The Morgan fingerprint density at radius 1 is 1.37 bits per heavy atom. The van der Waals surface area contributed by atoms with Gasteiger partial charge in [-0.2, -0.15) is 0 Å². The van der Waals surface area contributed by atoms with Gasteiger partial charge >= 0.3 is 0 Å². The Morgan fingerprint density at radius 2 is 2.05 bits per heavy atom. The number of fused-ring (bicyclic) bond motifs is 1. The monoisotopic (exact) mass is 274 g/mol. The fraction of sp³-hybridized carbons (Fsp3) is 0.846. The fourth-order valence-electron chi connectivity index (χ4n) is 2.46. The lowest BCUT2D eigenvalue weighted by molar-refractivity contribution is -0.239. The van der Waals surface area contributed by atoms with Gasteiger partial charge in [0.05, 0.1) is 13.2 Å². The van der Waals surface area contributed by atoms with Crippen LogP contribution in [0, 0.1) is 0 Å². The molecule has 2 saturated heterocycles. The number of rotatable bonds is 6. The second-order valence-corrected chi connectivity index (χ2v) is 5.16. The molecule has 0 unspecified atom stereocenters. The van der Waals surface area contributed by atoms with Crippen LogP contribution in [0.25, 0.3) is 0 Å². The molecular weight excluding hydrogens is 252 g/mol. The van der Waals surface area contributed by atoms with Crippen LogP contribution in [-0.4, -0.2) is 61.9 Å². The third-order valence-corrected chi connectivity index (χ3v) is 3.18. The molecule has 19 heavy (non-hydrogen) atoms. The smallest absolute Gasteiger partial charge is 0.186 e. The highest BCUT2D eigenvalue weighted by Gasteiger charge is 2.57. The van der Waals surface area contributed by atoms with Gasteiger partial charge in [0, 0.05) is 7.11 Å². The van der Waals surface area contributed by atoms with E-state index in [1.165, 1.54) is 0 Å². The van der Waals surface area contributed by atoms with Gasteiger partial charge in [0.25, 0.3) is 0 Å². The van der Waals surface area contributed by atoms with Crippen LogP contribution in [0.5, 0.6) is 0 Å². The maximum Gasteiger partial charge on any atom is 0.186 e. The van der Waals surface area contributed by atoms with Crippen molar-refractivity contribution in [2.75, 3.05) is 20.3 Å². The van der Waals surface area contributed by atoms with Crippen molar-refractivity contribution in [3.8, 4) is 0 Å². The Morgan fingerprint density at radius 3 is 2.68 bits per heavy atom. The molecule has 0 spiro atoms. The number of methoxy groups -OCH3 is 1. The van der Waals surface area contributed by atoms with Crippen molar-refractivity contribution in [1.29, 1.82) is 0 Å². The quantitative estimate of drug-likeness (QED) is 0.560. The molecule has 0 amide bonds. The van der Waals surface area contributed by atoms with Crippen molar-refractivity contribution >= 4 is 0 Å². The summed E-state index contributed by atoms with van der Waals surface area (Å²) in [4.78, 5) is 0. The van der Waals surface area contributed by atoms with E-state index in [-0.39, 0.29) is 18.8 Å². The van der Waals surface area contributed by atoms with Crippen LogP contribution in [0.4, 0.5) is 0 Å². The topological polar surface area (TPSA) is 66.4 Å². The average molecular weight is 274 g/mol. The van der Waals surface area contributed by atoms with Gasteiger partial charge in [-0.15, -0.1) is 6.58 Å². The standard InChI is InChI=1S/C13H22O6/c1-5-6-16-7-8(14)9-10-11(12(15-4)17-9)19-13(2,3)18-10/h5,8-12,14H,1,6-7H2,2-4H3/t8-,9-,10-,11-,12-/m1/s1. The minimum Gasteiger partial charge on any atom is -0.388 e. The zero-order valence-electron chi connectivity index (χ0n) is 11.6. The maximum atomic E-state index is 10.1. The molecule has 6 nitrogen and oxygen atoms in total. The maximum absolute atomic E-state index is 10.1. The summed E-state index contributed by atoms with van der Waals surface area (Å²) in [6, 6.07) is 0. The predicted molar refractivity (Wildman–Crippen MR) is 66.5 cm³/mol. The van der Waals surface area contributed by atoms with E-state index < -0.39 is 24.3 Å². The minimum absolute atomic E-state index is 0.153. The van der Waals surface area contributed by atoms with Gasteiger partial charge in [-0.05, 0) is 13.8 Å². The van der Waals surface area contributed by atoms with Crippen LogP contribution in [0.3, 0.4) is 0 Å². The highest BCUT2D eigenvalue weighted by atomic mass is 16.8. The van der Waals surface area contributed by atoms with Crippen LogP contribution in [0.1, 0.15) is 13.8 Å². The van der Waals surface area contributed by atoms with Gasteiger partial charge in [0.2, 0.25) is 0 Å². The molecule has 2 rings (SSSR count). The Balaban J connectivity index is 1.99. The highest BCUT2D eigenvalue weighted by molar-refractivity contribution is 4.97. The molecule has 2 fully saturated rings. The molecular formula is C13H22O6. The number of ether oxygens (including phenoxy) is 5. The van der Waals surface area contributed by atoms with Crippen LogP contribution in [0.15, 0.2) is 12.7 Å². The van der Waals surface area contributed by atoms with Crippen molar-refractivity contribution in [3.05, 3.63) is 12.7 Å². The summed E-state index contributed by atoms with van der Waals surface area (Å²) in [6.45, 7) is 7.74. The summed E-state index contributed by atoms with van der Waals surface area (Å²) in [6.07, 6.45) is -0.930. The molecule has 0 aliphatic carbocycles. The summed E-state index contributed by atoms with van der Waals surface area (Å²) >= 11 is 0. The van der Waals surface area contributed by atoms with Crippen molar-refractivity contribution in [1.82, 2.24) is 0 Å². The Hall–Kier alpha value is -0.500. The van der Waals surface area contributed by atoms with Gasteiger partial charge in [0.15, 0.2) is 12.1 Å². The molecule has 0 saturated carbocycles. The predicted octanol–water partition coefficient (Wildman–Crippen LogP) is 0.441. The first-order valence-corrected chi connectivity index (χ1v) is 6.39. The van der Waals surface area contributed by atoms with E-state index in [1.807, 2.05) is 13.8 Å². The van der Waals surface area contributed by atoms with Gasteiger partial charge < -0.3 is 28.8 Å². The summed E-state index contributed by atoms with van der Waals surface area (Å²) in [7, 11) is 1.54. The molecule has 0 aromatic carbocycles. The van der Waals surface area contributed by atoms with Crippen LogP contribution < -0.4 is 0 Å². The summed E-state index contributed by atoms with van der Waals surface area (Å²) < 4.78 is 27.6. The fourth-order valence-corrected chi connectivity index (χ4v) is 2.46. The van der Waals surface area contributed by atoms with Crippen LogP contribution in [-0.2, 0) is 23.7 Å². The minimum atomic E-state index is -0.801. The van der Waals surface area contributed by atoms with E-state index in [0.29, 0.717) is 6.61 Å². The van der Waals surface area contributed by atoms with E-state index in [1.54, 1.807) is 13.2 Å². The van der Waals surface area contributed by atoms with E-state index >= 15 is 0 Å². The van der Waals surface area contributed by atoms with Gasteiger partial charge in [0.1, 0.15) is 24.4 Å². The molecule has 2 heterocycles. The lowest BCUT2D eigenvalue weighted by atomic mass is 10.1. The molecule has 6 heteroatoms. The first-order valence-electron chi connectivity index (χ1n) is 6.39. The van der Waals surface area contributed by atoms with E-state index in [2.05, 4.69) is 6.58 Å². The van der Waals surface area contributed by atoms with E-state index in [4.69, 9.17) is 23.7 Å². The summed E-state index contributed by atoms with van der Waals surface area (Å²) in [5.74, 6) is -0.699. The van der Waals surface area contributed by atoms with E-state index in [0.717, 1.165) is 0 Å². The SMILES string of the molecule is C=CCOC[C@@H](O)[C@H]1O[C@@H](OC)[C@@H]2OC(C)(C)O[C@@H]21. The Kier molecular flexibility index (Phi) is 4.60. The van der Waals surface area contributed by atoms with Gasteiger partial charge in [-0.3, -0.25) is 0 Å². The molecule has 1 N–H and O–H groups in total. The number of aliphatic hydroxyl groups is 1. The molecule has 110 valence electrons. The Labute approximate surface area is 113 Å². The lowest BCUT2D eigenvalue weighted by Gasteiger charge is -2.25. The molecule has 5 atom stereocenters. The van der Waals surface area contributed by atoms with Crippen LogP contribution in [0.2, 0.25) is 0 Å². The number of hydrogen-bond acceptors (Lipinski definition) is 6. The molecule has 2 aliphatic heterocycles. The highest BCUT2D eigenvalue weighted by Crippen LogP contribution is 2.39. The molecule has 0 bridgehead atoms.